The molecule has 8 heteroatoms. The van der Waals surface area contributed by atoms with Crippen LogP contribution < -0.4 is 10.1 Å². The molecule has 0 saturated carbocycles. The van der Waals surface area contributed by atoms with Crippen molar-refractivity contribution in [1.29, 1.82) is 5.26 Å². The van der Waals surface area contributed by atoms with Crippen LogP contribution in [0.2, 0.25) is 5.02 Å². The number of likely N-dealkylation sites (tertiary alicyclic amines) is 1. The summed E-state index contributed by atoms with van der Waals surface area (Å²) in [4.78, 5) is 27.6. The summed E-state index contributed by atoms with van der Waals surface area (Å²) in [6.07, 6.45) is 3.35. The molecule has 0 radical (unpaired) electrons. The number of thiophene rings is 1. The second kappa shape index (κ2) is 10.7. The monoisotopic (exact) mass is 493 g/mol. The lowest BCUT2D eigenvalue weighted by molar-refractivity contribution is -0.117. The zero-order valence-corrected chi connectivity index (χ0v) is 20.3. The first-order valence-corrected chi connectivity index (χ1v) is 12.2. The Bertz CT molecular complexity index is 1290. The first kappa shape index (κ1) is 23.8. The SMILES string of the molecule is COc1ccc(Cl)cc1C(=O)N1CCCC(CNC(=O)/C(C#N)=C/c2csc3ccccc23)C1. The number of carbonyl (C=O) groups is 2. The number of carbonyl (C=O) groups excluding carboxylic acids is 2. The first-order valence-electron chi connectivity index (χ1n) is 11.0. The van der Waals surface area contributed by atoms with Gasteiger partial charge in [-0.05, 0) is 65.4 Å². The van der Waals surface area contributed by atoms with Gasteiger partial charge in [0.2, 0.25) is 0 Å². The number of hydrogen-bond acceptors (Lipinski definition) is 5. The van der Waals surface area contributed by atoms with Gasteiger partial charge in [0.15, 0.2) is 0 Å². The summed E-state index contributed by atoms with van der Waals surface area (Å²) >= 11 is 7.67. The maximum Gasteiger partial charge on any atom is 0.261 e. The van der Waals surface area contributed by atoms with Gasteiger partial charge in [0, 0.05) is 29.4 Å². The van der Waals surface area contributed by atoms with Crippen LogP contribution in [0.4, 0.5) is 0 Å². The predicted octanol–water partition coefficient (Wildman–Crippen LogP) is 5.14. The maximum atomic E-state index is 13.1. The number of halogens is 1. The summed E-state index contributed by atoms with van der Waals surface area (Å²) < 4.78 is 6.43. The van der Waals surface area contributed by atoms with Crippen molar-refractivity contribution in [3.05, 3.63) is 69.6 Å². The zero-order chi connectivity index (χ0) is 24.1. The molecule has 1 fully saturated rings. The molecule has 1 aromatic heterocycles. The Labute approximate surface area is 207 Å². The fourth-order valence-electron chi connectivity index (χ4n) is 4.18. The van der Waals surface area contributed by atoms with E-state index in [0.29, 0.717) is 36.0 Å². The van der Waals surface area contributed by atoms with Gasteiger partial charge in [-0.25, -0.2) is 0 Å². The van der Waals surface area contributed by atoms with E-state index in [9.17, 15) is 14.9 Å². The summed E-state index contributed by atoms with van der Waals surface area (Å²) in [5, 5.41) is 15.9. The molecule has 34 heavy (non-hydrogen) atoms. The lowest BCUT2D eigenvalue weighted by Gasteiger charge is -2.33. The molecular formula is C26H24ClN3O3S. The van der Waals surface area contributed by atoms with Gasteiger partial charge in [0.05, 0.1) is 12.7 Å². The summed E-state index contributed by atoms with van der Waals surface area (Å²) in [6, 6.07) is 14.9. The Morgan fingerprint density at radius 1 is 1.32 bits per heavy atom. The average molecular weight is 494 g/mol. The van der Waals surface area contributed by atoms with Gasteiger partial charge in [0.25, 0.3) is 11.8 Å². The van der Waals surface area contributed by atoms with Crippen LogP contribution in [-0.4, -0.2) is 43.5 Å². The van der Waals surface area contributed by atoms with E-state index in [-0.39, 0.29) is 17.4 Å². The molecule has 1 aliphatic rings. The van der Waals surface area contributed by atoms with Crippen LogP contribution in [0.15, 0.2) is 53.4 Å². The molecule has 2 amide bonds. The molecule has 0 bridgehead atoms. The van der Waals surface area contributed by atoms with E-state index >= 15 is 0 Å². The number of nitrogens with one attached hydrogen (secondary N) is 1. The molecule has 1 saturated heterocycles. The van der Waals surface area contributed by atoms with E-state index in [2.05, 4.69) is 5.32 Å². The lowest BCUT2D eigenvalue weighted by Crippen LogP contribution is -2.44. The number of nitriles is 1. The normalized spacial score (nSPS) is 16.2. The van der Waals surface area contributed by atoms with E-state index in [4.69, 9.17) is 16.3 Å². The minimum absolute atomic E-state index is 0.0657. The molecule has 1 unspecified atom stereocenters. The average Bonchev–Trinajstić information content (AvgIpc) is 3.28. The molecule has 6 nitrogen and oxygen atoms in total. The molecule has 174 valence electrons. The number of methoxy groups -OCH3 is 1. The van der Waals surface area contributed by atoms with Crippen molar-refractivity contribution >= 4 is 50.9 Å². The van der Waals surface area contributed by atoms with Crippen molar-refractivity contribution in [1.82, 2.24) is 10.2 Å². The van der Waals surface area contributed by atoms with Crippen LogP contribution in [0.1, 0.15) is 28.8 Å². The van der Waals surface area contributed by atoms with Crippen molar-refractivity contribution in [3.8, 4) is 11.8 Å². The topological polar surface area (TPSA) is 82.4 Å². The Balaban J connectivity index is 1.40. The number of nitrogens with zero attached hydrogens (tertiary/aromatic N) is 2. The number of hydrogen-bond donors (Lipinski definition) is 1. The molecule has 1 aliphatic heterocycles. The van der Waals surface area contributed by atoms with Crippen molar-refractivity contribution in [2.75, 3.05) is 26.7 Å². The van der Waals surface area contributed by atoms with E-state index in [1.165, 1.54) is 7.11 Å². The van der Waals surface area contributed by atoms with Gasteiger partial charge in [-0.1, -0.05) is 29.8 Å². The van der Waals surface area contributed by atoms with E-state index in [1.807, 2.05) is 35.7 Å². The van der Waals surface area contributed by atoms with Crippen LogP contribution in [0.25, 0.3) is 16.2 Å². The number of fused-ring (bicyclic) bond motifs is 1. The Morgan fingerprint density at radius 3 is 2.94 bits per heavy atom. The van der Waals surface area contributed by atoms with Crippen LogP contribution in [0.5, 0.6) is 5.75 Å². The third-order valence-corrected chi connectivity index (χ3v) is 7.14. The molecule has 0 spiro atoms. The van der Waals surface area contributed by atoms with Gasteiger partial charge >= 0.3 is 0 Å². The van der Waals surface area contributed by atoms with Crippen molar-refractivity contribution < 1.29 is 14.3 Å². The number of piperidine rings is 1. The third kappa shape index (κ3) is 5.24. The fraction of sp³-hybridized carbons (Fsp3) is 0.269. The quantitative estimate of drug-likeness (QED) is 0.381. The molecule has 1 N–H and O–H groups in total. The van der Waals surface area contributed by atoms with Gasteiger partial charge < -0.3 is 15.0 Å². The van der Waals surface area contributed by atoms with Gasteiger partial charge in [0.1, 0.15) is 17.4 Å². The Kier molecular flexibility index (Phi) is 7.51. The number of ether oxygens (including phenoxy) is 1. The van der Waals surface area contributed by atoms with Gasteiger partial charge in [-0.15, -0.1) is 11.3 Å². The van der Waals surface area contributed by atoms with Crippen molar-refractivity contribution in [2.24, 2.45) is 5.92 Å². The molecular weight excluding hydrogens is 470 g/mol. The molecule has 3 aromatic rings. The number of benzene rings is 2. The zero-order valence-electron chi connectivity index (χ0n) is 18.7. The van der Waals surface area contributed by atoms with Gasteiger partial charge in [-0.3, -0.25) is 9.59 Å². The highest BCUT2D eigenvalue weighted by Gasteiger charge is 2.27. The summed E-state index contributed by atoms with van der Waals surface area (Å²) in [7, 11) is 1.52. The maximum absolute atomic E-state index is 13.1. The van der Waals surface area contributed by atoms with Crippen LogP contribution in [0.3, 0.4) is 0 Å². The summed E-state index contributed by atoms with van der Waals surface area (Å²) in [6.45, 7) is 1.53. The van der Waals surface area contributed by atoms with E-state index < -0.39 is 5.91 Å². The van der Waals surface area contributed by atoms with Crippen LogP contribution >= 0.6 is 22.9 Å². The lowest BCUT2D eigenvalue weighted by atomic mass is 9.97. The minimum Gasteiger partial charge on any atom is -0.496 e. The highest BCUT2D eigenvalue weighted by molar-refractivity contribution is 7.17. The number of rotatable bonds is 6. The number of amides is 2. The minimum atomic E-state index is -0.405. The Hall–Kier alpha value is -3.34. The smallest absolute Gasteiger partial charge is 0.261 e. The van der Waals surface area contributed by atoms with Crippen molar-refractivity contribution in [3.63, 3.8) is 0 Å². The fourth-order valence-corrected chi connectivity index (χ4v) is 5.27. The molecule has 0 aliphatic carbocycles. The highest BCUT2D eigenvalue weighted by Crippen LogP contribution is 2.28. The largest absolute Gasteiger partial charge is 0.496 e. The summed E-state index contributed by atoms with van der Waals surface area (Å²) in [5.41, 5.74) is 1.35. The van der Waals surface area contributed by atoms with E-state index in [1.54, 1.807) is 40.5 Å². The van der Waals surface area contributed by atoms with Gasteiger partial charge in [-0.2, -0.15) is 5.26 Å². The Morgan fingerprint density at radius 2 is 2.15 bits per heavy atom. The van der Waals surface area contributed by atoms with E-state index in [0.717, 1.165) is 28.5 Å². The molecule has 2 aromatic carbocycles. The molecule has 2 heterocycles. The molecule has 4 rings (SSSR count). The first-order chi connectivity index (χ1) is 16.5. The standard InChI is InChI=1S/C26H24ClN3O3S/c1-33-23-9-8-20(27)12-22(23)26(32)30-10-4-5-17(15-30)14-29-25(31)18(13-28)11-19-16-34-24-7-3-2-6-21(19)24/h2-3,6-9,11-12,16-17H,4-5,10,14-15H2,1H3,(H,29,31)/b18-11+. The van der Waals surface area contributed by atoms with Crippen molar-refractivity contribution in [2.45, 2.75) is 12.8 Å². The van der Waals surface area contributed by atoms with Crippen LogP contribution in [-0.2, 0) is 4.79 Å². The highest BCUT2D eigenvalue weighted by atomic mass is 35.5. The second-order valence-corrected chi connectivity index (χ2v) is 9.52. The van der Waals surface area contributed by atoms with Crippen LogP contribution in [0, 0.1) is 17.2 Å². The second-order valence-electron chi connectivity index (χ2n) is 8.17. The molecule has 1 atom stereocenters. The summed E-state index contributed by atoms with van der Waals surface area (Å²) in [5.74, 6) is 0.0263. The third-order valence-electron chi connectivity index (χ3n) is 5.93. The predicted molar refractivity (Wildman–Crippen MR) is 135 cm³/mol.